The molecule has 6 fully saturated rings. The first kappa shape index (κ1) is 37.6. The Bertz CT molecular complexity index is 2420. The summed E-state index contributed by atoms with van der Waals surface area (Å²) >= 11 is 0. The zero-order valence-electron chi connectivity index (χ0n) is 31.0. The molecule has 2 aliphatic carbocycles. The molecule has 0 radical (unpaired) electrons. The number of nitrogens with one attached hydrogen (secondary N) is 2. The number of aromatic nitrogens is 2. The van der Waals surface area contributed by atoms with E-state index in [0.717, 1.165) is 50.9 Å². The highest BCUT2D eigenvalue weighted by Crippen LogP contribution is 2.42. The van der Waals surface area contributed by atoms with Crippen LogP contribution in [0, 0.1) is 34.3 Å². The number of carboxylic acid groups (broad SMARTS) is 2. The molecule has 2 saturated carbocycles. The molecule has 0 spiro atoms. The number of benzene rings is 2. The third-order valence-corrected chi connectivity index (χ3v) is 11.9. The molecule has 0 unspecified atom stereocenters. The number of carbonyl (C=O) groups is 2. The number of pyridine rings is 2. The molecule has 4 N–H and O–H groups in total. The summed E-state index contributed by atoms with van der Waals surface area (Å²) in [5.74, 6) is -4.12. The Hall–Kier alpha value is -5.92. The Morgan fingerprint density at radius 3 is 1.41 bits per heavy atom. The Morgan fingerprint density at radius 2 is 1.09 bits per heavy atom. The molecule has 58 heavy (non-hydrogen) atoms. The van der Waals surface area contributed by atoms with E-state index in [-0.39, 0.29) is 69.6 Å². The van der Waals surface area contributed by atoms with Crippen molar-refractivity contribution in [2.24, 2.45) is 0 Å². The monoisotopic (exact) mass is 796 g/mol. The van der Waals surface area contributed by atoms with Crippen LogP contribution >= 0.6 is 0 Å². The molecule has 18 heteroatoms. The van der Waals surface area contributed by atoms with Gasteiger partial charge in [-0.15, -0.1) is 0 Å². The van der Waals surface area contributed by atoms with Gasteiger partial charge in [-0.05, 0) is 37.8 Å². The summed E-state index contributed by atoms with van der Waals surface area (Å²) in [5, 5.41) is 45.2. The van der Waals surface area contributed by atoms with Gasteiger partial charge in [0, 0.05) is 63.7 Å². The zero-order valence-corrected chi connectivity index (χ0v) is 31.0. The summed E-state index contributed by atoms with van der Waals surface area (Å²) in [7, 11) is 0. The van der Waals surface area contributed by atoms with E-state index in [2.05, 4.69) is 22.8 Å². The number of anilines is 2. The summed E-state index contributed by atoms with van der Waals surface area (Å²) in [6.45, 7) is 4.47. The van der Waals surface area contributed by atoms with Crippen molar-refractivity contribution >= 4 is 45.1 Å². The van der Waals surface area contributed by atoms with Crippen LogP contribution in [0.1, 0.15) is 69.6 Å². The van der Waals surface area contributed by atoms with E-state index < -0.39 is 45.6 Å². The normalized spacial score (nSPS) is 23.8. The minimum Gasteiger partial charge on any atom is -0.477 e. The number of hydrogen-bond acceptors (Lipinski definition) is 12. The van der Waals surface area contributed by atoms with Crippen LogP contribution in [0.3, 0.4) is 0 Å². The summed E-state index contributed by atoms with van der Waals surface area (Å²) in [4.78, 5) is 52.0. The molecular weight excluding hydrogens is 758 g/mol. The van der Waals surface area contributed by atoms with Gasteiger partial charge < -0.3 is 49.3 Å². The van der Waals surface area contributed by atoms with Crippen LogP contribution < -0.4 is 31.3 Å². The maximum absolute atomic E-state index is 15.2. The number of aromatic carboxylic acids is 2. The Morgan fingerprint density at radius 1 is 0.690 bits per heavy atom. The number of ether oxygens (including phenoxy) is 2. The van der Waals surface area contributed by atoms with Crippen LogP contribution in [-0.2, 0) is 9.47 Å². The number of rotatable bonds is 6. The standard InChI is InChI=1S/2C20H19FN4O4/c2*21-14-5-11-17(25(10-1-2-10)7-13(19(11)26)20(27)28)12(6-22)18(14)24-8-15-16(9-24)29-4-3-23-15/h2*5,7,10,15-16,23H,1-4,8-9H2,(H,27,28)/t2*15-,16-/m00/s1. The van der Waals surface area contributed by atoms with Gasteiger partial charge in [0.15, 0.2) is 0 Å². The summed E-state index contributed by atoms with van der Waals surface area (Å²) in [5.41, 5.74) is -1.31. The molecule has 2 aromatic heterocycles. The molecule has 4 aliphatic heterocycles. The number of morpholine rings is 2. The van der Waals surface area contributed by atoms with Crippen LogP contribution in [0.25, 0.3) is 21.8 Å². The highest BCUT2D eigenvalue weighted by Gasteiger charge is 2.40. The van der Waals surface area contributed by atoms with Gasteiger partial charge in [-0.25, -0.2) is 18.4 Å². The first-order chi connectivity index (χ1) is 28.0. The number of nitrogens with zero attached hydrogens (tertiary/aromatic N) is 6. The zero-order chi connectivity index (χ0) is 40.6. The van der Waals surface area contributed by atoms with Crippen molar-refractivity contribution < 1.29 is 38.1 Å². The van der Waals surface area contributed by atoms with Gasteiger partial charge in [-0.2, -0.15) is 10.5 Å². The molecule has 0 bridgehead atoms. The molecule has 4 atom stereocenters. The predicted octanol–water partition coefficient (Wildman–Crippen LogP) is 2.44. The third-order valence-electron chi connectivity index (χ3n) is 11.9. The fourth-order valence-corrected chi connectivity index (χ4v) is 8.92. The largest absolute Gasteiger partial charge is 0.477 e. The second-order valence-corrected chi connectivity index (χ2v) is 15.6. The lowest BCUT2D eigenvalue weighted by Crippen LogP contribution is -2.47. The minimum atomic E-state index is -1.36. The van der Waals surface area contributed by atoms with Gasteiger partial charge in [-0.1, -0.05) is 0 Å². The van der Waals surface area contributed by atoms with E-state index in [0.29, 0.717) is 50.4 Å². The van der Waals surface area contributed by atoms with Crippen molar-refractivity contribution in [3.05, 3.63) is 78.9 Å². The third kappa shape index (κ3) is 6.33. The predicted molar refractivity (Wildman–Crippen MR) is 204 cm³/mol. The van der Waals surface area contributed by atoms with Crippen LogP contribution in [0.5, 0.6) is 0 Å². The number of fused-ring (bicyclic) bond motifs is 4. The molecule has 2 aromatic carbocycles. The van der Waals surface area contributed by atoms with Crippen LogP contribution in [0.2, 0.25) is 0 Å². The molecule has 0 amide bonds. The SMILES string of the molecule is N#Cc1c(N2C[C@@H]3NCCO[C@H]3C2)c(F)cc2c(=O)c(C(=O)O)cn(C3CC3)c12.N#Cc1c(N2C[C@@H]3NCCO[C@H]3C2)c(F)cc2c(=O)c(C(=O)O)cn(C3CC3)c12. The van der Waals surface area contributed by atoms with E-state index in [1.165, 1.54) is 12.4 Å². The Labute approximate surface area is 328 Å². The van der Waals surface area contributed by atoms with Gasteiger partial charge in [0.05, 0.1) is 70.7 Å². The Balaban J connectivity index is 0.000000150. The molecule has 4 aromatic rings. The van der Waals surface area contributed by atoms with Crippen LogP contribution in [0.4, 0.5) is 20.2 Å². The smallest absolute Gasteiger partial charge is 0.341 e. The van der Waals surface area contributed by atoms with Crippen molar-refractivity contribution in [1.29, 1.82) is 10.5 Å². The lowest BCUT2D eigenvalue weighted by molar-refractivity contribution is 0.0211. The van der Waals surface area contributed by atoms with E-state index in [9.17, 15) is 39.9 Å². The van der Waals surface area contributed by atoms with E-state index in [1.54, 1.807) is 18.9 Å². The second kappa shape index (κ2) is 14.5. The summed E-state index contributed by atoms with van der Waals surface area (Å²) in [6, 6.07) is 6.44. The minimum absolute atomic E-state index is 0.00719. The number of hydrogen-bond donors (Lipinski definition) is 4. The molecular formula is C40H38F2N8O8. The molecule has 300 valence electrons. The maximum atomic E-state index is 15.2. The Kier molecular flexibility index (Phi) is 9.39. The molecule has 16 nitrogen and oxygen atoms in total. The van der Waals surface area contributed by atoms with E-state index >= 15 is 8.78 Å². The van der Waals surface area contributed by atoms with Gasteiger partial charge >= 0.3 is 11.9 Å². The van der Waals surface area contributed by atoms with Gasteiger partial charge in [0.1, 0.15) is 46.0 Å². The lowest BCUT2D eigenvalue weighted by Gasteiger charge is -2.25. The average Bonchev–Trinajstić information content (AvgIpc) is 4.15. The number of nitriles is 2. The van der Waals surface area contributed by atoms with Crippen LogP contribution in [0.15, 0.2) is 34.1 Å². The van der Waals surface area contributed by atoms with Crippen molar-refractivity contribution in [3.8, 4) is 12.1 Å². The van der Waals surface area contributed by atoms with Gasteiger partial charge in [0.2, 0.25) is 10.9 Å². The van der Waals surface area contributed by atoms with E-state index in [1.807, 2.05) is 0 Å². The van der Waals surface area contributed by atoms with Crippen molar-refractivity contribution in [2.45, 2.75) is 62.1 Å². The van der Waals surface area contributed by atoms with Crippen molar-refractivity contribution in [1.82, 2.24) is 19.8 Å². The highest BCUT2D eigenvalue weighted by molar-refractivity contribution is 5.98. The van der Waals surface area contributed by atoms with Gasteiger partial charge in [0.25, 0.3) is 0 Å². The van der Waals surface area contributed by atoms with Crippen molar-refractivity contribution in [2.75, 3.05) is 62.3 Å². The second-order valence-electron chi connectivity index (χ2n) is 15.6. The van der Waals surface area contributed by atoms with Gasteiger partial charge in [-0.3, -0.25) is 9.59 Å². The quantitative estimate of drug-likeness (QED) is 0.221. The fourth-order valence-electron chi connectivity index (χ4n) is 8.92. The highest BCUT2D eigenvalue weighted by atomic mass is 19.1. The summed E-state index contributed by atoms with van der Waals surface area (Å²) < 4.78 is 45.3. The first-order valence-corrected chi connectivity index (χ1v) is 19.3. The maximum Gasteiger partial charge on any atom is 0.341 e. The number of carboxylic acids is 2. The fraction of sp³-hybridized carbons (Fsp3) is 0.450. The van der Waals surface area contributed by atoms with Crippen LogP contribution in [-0.4, -0.2) is 108 Å². The van der Waals surface area contributed by atoms with E-state index in [4.69, 9.17) is 9.47 Å². The topological polar surface area (TPSA) is 215 Å². The summed E-state index contributed by atoms with van der Waals surface area (Å²) in [6.07, 6.45) is 5.68. The molecule has 4 saturated heterocycles. The van der Waals surface area contributed by atoms with Crippen molar-refractivity contribution in [3.63, 3.8) is 0 Å². The first-order valence-electron chi connectivity index (χ1n) is 19.3. The molecule has 6 heterocycles. The lowest BCUT2D eigenvalue weighted by atomic mass is 10.0. The number of halogens is 2. The molecule has 6 aliphatic rings. The molecule has 10 rings (SSSR count). The average molecular weight is 797 g/mol.